The second-order valence-electron chi connectivity index (χ2n) is 7.63. The smallest absolute Gasteiger partial charge is 0.387 e. The number of nitrogens with zero attached hydrogens (tertiary/aromatic N) is 2. The average Bonchev–Trinajstić information content (AvgIpc) is 2.70. The first-order valence-electron chi connectivity index (χ1n) is 11.0. The molecule has 0 atom stereocenters. The first-order valence-corrected chi connectivity index (χ1v) is 11.0. The lowest BCUT2D eigenvalue weighted by Gasteiger charge is -2.09. The van der Waals surface area contributed by atoms with Gasteiger partial charge in [-0.3, -0.25) is 20.2 Å². The molecule has 1 aromatic rings. The minimum atomic E-state index is -0.740. The predicted molar refractivity (Wildman–Crippen MR) is 116 cm³/mol. The predicted octanol–water partition coefficient (Wildman–Crippen LogP) is 7.15. The Kier molecular flexibility index (Phi) is 12.7. The van der Waals surface area contributed by atoms with Crippen LogP contribution in [-0.2, 0) is 6.42 Å². The van der Waals surface area contributed by atoms with Gasteiger partial charge in [-0.05, 0) is 18.9 Å². The molecule has 1 rings (SSSR count). The Balaban J connectivity index is 2.27. The van der Waals surface area contributed by atoms with E-state index in [2.05, 4.69) is 6.92 Å². The molecule has 0 aliphatic carbocycles. The van der Waals surface area contributed by atoms with Gasteiger partial charge in [-0.25, -0.2) is 0 Å². The van der Waals surface area contributed by atoms with Crippen LogP contribution in [0.3, 0.4) is 0 Å². The zero-order chi connectivity index (χ0) is 21.5. The van der Waals surface area contributed by atoms with Crippen LogP contribution in [-0.4, -0.2) is 17.0 Å². The standard InChI is InChI=1S/C22H36N2O5/c1-3-4-5-6-7-8-9-10-11-12-13-14-15-16-19-17-18-20(23(25)26)21(24(27)28)22(19)29-2/h17-18H,3-16H2,1-2H3. The van der Waals surface area contributed by atoms with E-state index in [9.17, 15) is 20.2 Å². The van der Waals surface area contributed by atoms with Crippen molar-refractivity contribution < 1.29 is 14.6 Å². The molecule has 7 nitrogen and oxygen atoms in total. The monoisotopic (exact) mass is 408 g/mol. The molecule has 0 N–H and O–H groups in total. The van der Waals surface area contributed by atoms with Crippen LogP contribution in [0.5, 0.6) is 5.75 Å². The molecular weight excluding hydrogens is 372 g/mol. The fraction of sp³-hybridized carbons (Fsp3) is 0.727. The van der Waals surface area contributed by atoms with E-state index < -0.39 is 21.2 Å². The van der Waals surface area contributed by atoms with Crippen LogP contribution < -0.4 is 4.74 Å². The number of hydrogen-bond donors (Lipinski definition) is 0. The van der Waals surface area contributed by atoms with Gasteiger partial charge in [0.2, 0.25) is 5.75 Å². The zero-order valence-electron chi connectivity index (χ0n) is 18.0. The van der Waals surface area contributed by atoms with Gasteiger partial charge in [0.15, 0.2) is 0 Å². The Labute approximate surface area is 174 Å². The summed E-state index contributed by atoms with van der Waals surface area (Å²) < 4.78 is 5.15. The van der Waals surface area contributed by atoms with Crippen molar-refractivity contribution in [1.29, 1.82) is 0 Å². The Morgan fingerprint density at radius 1 is 0.759 bits per heavy atom. The highest BCUT2D eigenvalue weighted by Crippen LogP contribution is 2.39. The second-order valence-corrected chi connectivity index (χ2v) is 7.63. The largest absolute Gasteiger partial charge is 0.490 e. The highest BCUT2D eigenvalue weighted by molar-refractivity contribution is 5.64. The number of rotatable bonds is 17. The summed E-state index contributed by atoms with van der Waals surface area (Å²) in [7, 11) is 1.32. The summed E-state index contributed by atoms with van der Waals surface area (Å²) in [5, 5.41) is 22.3. The number of hydrogen-bond acceptors (Lipinski definition) is 5. The minimum absolute atomic E-state index is 0.0168. The van der Waals surface area contributed by atoms with Gasteiger partial charge in [-0.2, -0.15) is 0 Å². The van der Waals surface area contributed by atoms with Crippen molar-refractivity contribution in [3.8, 4) is 5.75 Å². The van der Waals surface area contributed by atoms with Gasteiger partial charge in [0.05, 0.1) is 17.0 Å². The molecule has 0 saturated heterocycles. The molecule has 0 saturated carbocycles. The minimum Gasteiger partial charge on any atom is -0.490 e. The van der Waals surface area contributed by atoms with Crippen LogP contribution in [0.1, 0.15) is 96.0 Å². The number of benzene rings is 1. The summed E-state index contributed by atoms with van der Waals surface area (Å²) in [4.78, 5) is 20.8. The van der Waals surface area contributed by atoms with Crippen LogP contribution >= 0.6 is 0 Å². The van der Waals surface area contributed by atoms with E-state index >= 15 is 0 Å². The summed E-state index contributed by atoms with van der Waals surface area (Å²) in [6.45, 7) is 2.24. The fourth-order valence-electron chi connectivity index (χ4n) is 3.68. The Morgan fingerprint density at radius 2 is 1.24 bits per heavy atom. The molecule has 0 aliphatic rings. The third-order valence-corrected chi connectivity index (χ3v) is 5.32. The average molecular weight is 409 g/mol. The van der Waals surface area contributed by atoms with Gasteiger partial charge >= 0.3 is 11.4 Å². The van der Waals surface area contributed by atoms with Gasteiger partial charge in [-0.15, -0.1) is 0 Å². The third kappa shape index (κ3) is 9.24. The van der Waals surface area contributed by atoms with E-state index in [-0.39, 0.29) is 5.75 Å². The zero-order valence-corrected chi connectivity index (χ0v) is 18.0. The van der Waals surface area contributed by atoms with E-state index in [1.165, 1.54) is 77.4 Å². The first kappa shape index (κ1) is 24.9. The molecule has 7 heteroatoms. The maximum Gasteiger partial charge on any atom is 0.387 e. The van der Waals surface area contributed by atoms with E-state index in [1.54, 1.807) is 6.07 Å². The lowest BCUT2D eigenvalue weighted by Crippen LogP contribution is -2.02. The van der Waals surface area contributed by atoms with Gasteiger partial charge in [0.25, 0.3) is 0 Å². The summed E-state index contributed by atoms with van der Waals surface area (Å²) in [6.07, 6.45) is 16.9. The molecule has 0 bridgehead atoms. The summed E-state index contributed by atoms with van der Waals surface area (Å²) >= 11 is 0. The van der Waals surface area contributed by atoms with E-state index in [4.69, 9.17) is 4.74 Å². The molecule has 0 aliphatic heterocycles. The highest BCUT2D eigenvalue weighted by Gasteiger charge is 2.31. The first-order chi connectivity index (χ1) is 14.0. The number of nitro benzene ring substituents is 2. The molecule has 0 heterocycles. The van der Waals surface area contributed by atoms with Gasteiger partial charge in [-0.1, -0.05) is 84.0 Å². The second kappa shape index (κ2) is 14.8. The van der Waals surface area contributed by atoms with Crippen molar-refractivity contribution in [1.82, 2.24) is 0 Å². The molecule has 164 valence electrons. The number of aryl methyl sites for hydroxylation is 1. The quantitative estimate of drug-likeness (QED) is 0.155. The lowest BCUT2D eigenvalue weighted by molar-refractivity contribution is -0.423. The molecule has 0 spiro atoms. The maximum absolute atomic E-state index is 11.3. The Morgan fingerprint density at radius 3 is 1.66 bits per heavy atom. The number of unbranched alkanes of at least 4 members (excludes halogenated alkanes) is 12. The van der Waals surface area contributed by atoms with Gasteiger partial charge in [0.1, 0.15) is 0 Å². The Bertz CT molecular complexity index is 634. The van der Waals surface area contributed by atoms with Crippen LogP contribution in [0.15, 0.2) is 12.1 Å². The molecule has 0 fully saturated rings. The topological polar surface area (TPSA) is 95.5 Å². The van der Waals surface area contributed by atoms with Gasteiger partial charge < -0.3 is 4.74 Å². The van der Waals surface area contributed by atoms with Crippen molar-refractivity contribution in [3.05, 3.63) is 37.9 Å². The molecule has 0 radical (unpaired) electrons. The lowest BCUT2D eigenvalue weighted by atomic mass is 10.0. The molecule has 29 heavy (non-hydrogen) atoms. The van der Waals surface area contributed by atoms with Crippen molar-refractivity contribution in [2.45, 2.75) is 96.8 Å². The van der Waals surface area contributed by atoms with Crippen molar-refractivity contribution >= 4 is 11.4 Å². The molecule has 0 unspecified atom stereocenters. The van der Waals surface area contributed by atoms with E-state index in [1.807, 2.05) is 0 Å². The van der Waals surface area contributed by atoms with Crippen molar-refractivity contribution in [2.24, 2.45) is 0 Å². The number of nitro groups is 2. The molecular formula is C22H36N2O5. The normalized spacial score (nSPS) is 10.8. The molecule has 0 amide bonds. The van der Waals surface area contributed by atoms with Crippen molar-refractivity contribution in [2.75, 3.05) is 7.11 Å². The fourth-order valence-corrected chi connectivity index (χ4v) is 3.68. The van der Waals surface area contributed by atoms with Crippen LogP contribution in [0.4, 0.5) is 11.4 Å². The third-order valence-electron chi connectivity index (χ3n) is 5.32. The van der Waals surface area contributed by atoms with Crippen LogP contribution in [0.25, 0.3) is 0 Å². The SMILES string of the molecule is CCCCCCCCCCCCCCCc1ccc([N+](=O)[O-])c([N+](=O)[O-])c1OC. The molecule has 1 aromatic carbocycles. The van der Waals surface area contributed by atoms with Gasteiger partial charge in [0, 0.05) is 11.6 Å². The number of methoxy groups -OCH3 is 1. The Hall–Kier alpha value is -2.18. The van der Waals surface area contributed by atoms with Crippen LogP contribution in [0, 0.1) is 20.2 Å². The van der Waals surface area contributed by atoms with E-state index in [0.29, 0.717) is 12.0 Å². The van der Waals surface area contributed by atoms with Crippen LogP contribution in [0.2, 0.25) is 0 Å². The summed E-state index contributed by atoms with van der Waals surface area (Å²) in [5.41, 5.74) is -0.418. The summed E-state index contributed by atoms with van der Waals surface area (Å²) in [5.74, 6) is 0.0168. The highest BCUT2D eigenvalue weighted by atomic mass is 16.6. The maximum atomic E-state index is 11.3. The van der Waals surface area contributed by atoms with E-state index in [0.717, 1.165) is 19.3 Å². The van der Waals surface area contributed by atoms with Crippen molar-refractivity contribution in [3.63, 3.8) is 0 Å². The summed E-state index contributed by atoms with van der Waals surface area (Å²) in [6, 6.07) is 2.78. The number of ether oxygens (including phenoxy) is 1. The molecule has 0 aromatic heterocycles.